The first-order chi connectivity index (χ1) is 12.1. The topological polar surface area (TPSA) is 38.8 Å². The van der Waals surface area contributed by atoms with E-state index in [1.165, 1.54) is 11.1 Å². The average Bonchev–Trinajstić information content (AvgIpc) is 3.06. The number of nitrogens with zero attached hydrogens (tertiary/aromatic N) is 1. The maximum atomic E-state index is 12.5. The number of hydrogen-bond donors (Lipinski definition) is 0. The molecule has 25 heavy (non-hydrogen) atoms. The van der Waals surface area contributed by atoms with Gasteiger partial charge in [-0.3, -0.25) is 4.79 Å². The standard InChI is InChI=1S/C21H23NO3/c1-4-22(13-17-6-9-19-20(12-17)25-14-24-19)21(23)10-8-18-7-5-15(2)11-16(18)3/h5-12H,4,13-14H2,1-3H3/b10-8+. The molecule has 130 valence electrons. The minimum Gasteiger partial charge on any atom is -0.454 e. The smallest absolute Gasteiger partial charge is 0.246 e. The maximum absolute atomic E-state index is 12.5. The van der Waals surface area contributed by atoms with Gasteiger partial charge in [-0.05, 0) is 55.7 Å². The third-order valence-electron chi connectivity index (χ3n) is 4.33. The molecular formula is C21H23NO3. The fourth-order valence-corrected chi connectivity index (χ4v) is 2.88. The van der Waals surface area contributed by atoms with Crippen LogP contribution in [-0.2, 0) is 11.3 Å². The predicted octanol–water partition coefficient (Wildman–Crippen LogP) is 4.09. The molecule has 0 saturated heterocycles. The lowest BCUT2D eigenvalue weighted by atomic mass is 10.1. The minimum absolute atomic E-state index is 0.000131. The summed E-state index contributed by atoms with van der Waals surface area (Å²) in [5, 5.41) is 0. The molecule has 0 bridgehead atoms. The van der Waals surface area contributed by atoms with Crippen molar-refractivity contribution in [3.05, 3.63) is 64.7 Å². The third kappa shape index (κ3) is 4.02. The first-order valence-electron chi connectivity index (χ1n) is 8.49. The van der Waals surface area contributed by atoms with Gasteiger partial charge in [-0.2, -0.15) is 0 Å². The van der Waals surface area contributed by atoms with Crippen LogP contribution in [0.2, 0.25) is 0 Å². The second-order valence-corrected chi connectivity index (χ2v) is 6.23. The van der Waals surface area contributed by atoms with E-state index in [0.29, 0.717) is 13.1 Å². The van der Waals surface area contributed by atoms with Gasteiger partial charge >= 0.3 is 0 Å². The summed E-state index contributed by atoms with van der Waals surface area (Å²) in [7, 11) is 0. The van der Waals surface area contributed by atoms with Crippen molar-refractivity contribution in [1.82, 2.24) is 4.90 Å². The number of carbonyl (C=O) groups excluding carboxylic acids is 1. The first kappa shape index (κ1) is 17.1. The van der Waals surface area contributed by atoms with Gasteiger partial charge in [0, 0.05) is 19.2 Å². The molecule has 0 N–H and O–H groups in total. The van der Waals surface area contributed by atoms with E-state index >= 15 is 0 Å². The van der Waals surface area contributed by atoms with Crippen LogP contribution in [0.3, 0.4) is 0 Å². The quantitative estimate of drug-likeness (QED) is 0.771. The zero-order valence-electron chi connectivity index (χ0n) is 14.9. The van der Waals surface area contributed by atoms with Crippen molar-refractivity contribution in [2.45, 2.75) is 27.3 Å². The second kappa shape index (κ2) is 7.43. The van der Waals surface area contributed by atoms with Gasteiger partial charge in [0.25, 0.3) is 0 Å². The molecule has 2 aromatic rings. The molecule has 4 heteroatoms. The Kier molecular flexibility index (Phi) is 5.08. The molecule has 4 nitrogen and oxygen atoms in total. The van der Waals surface area contributed by atoms with E-state index in [-0.39, 0.29) is 12.7 Å². The van der Waals surface area contributed by atoms with Gasteiger partial charge in [0.15, 0.2) is 11.5 Å². The second-order valence-electron chi connectivity index (χ2n) is 6.23. The van der Waals surface area contributed by atoms with Crippen molar-refractivity contribution in [1.29, 1.82) is 0 Å². The number of carbonyl (C=O) groups is 1. The Morgan fingerprint density at radius 3 is 2.68 bits per heavy atom. The van der Waals surface area contributed by atoms with E-state index in [2.05, 4.69) is 26.0 Å². The molecule has 3 rings (SSSR count). The fraction of sp³-hybridized carbons (Fsp3) is 0.286. The van der Waals surface area contributed by atoms with Crippen molar-refractivity contribution in [3.8, 4) is 11.5 Å². The molecule has 1 aliphatic rings. The largest absolute Gasteiger partial charge is 0.454 e. The molecule has 0 saturated carbocycles. The number of hydrogen-bond acceptors (Lipinski definition) is 3. The number of amides is 1. The predicted molar refractivity (Wildman–Crippen MR) is 98.6 cm³/mol. The molecule has 0 spiro atoms. The molecule has 1 heterocycles. The van der Waals surface area contributed by atoms with Crippen LogP contribution in [-0.4, -0.2) is 24.1 Å². The molecule has 0 fully saturated rings. The van der Waals surface area contributed by atoms with Crippen LogP contribution < -0.4 is 9.47 Å². The van der Waals surface area contributed by atoms with Crippen molar-refractivity contribution in [2.75, 3.05) is 13.3 Å². The molecule has 0 aliphatic carbocycles. The molecule has 2 aromatic carbocycles. The van der Waals surface area contributed by atoms with Gasteiger partial charge < -0.3 is 14.4 Å². The molecule has 0 unspecified atom stereocenters. The SMILES string of the molecule is CCN(Cc1ccc2c(c1)OCO2)C(=O)/C=C/c1ccc(C)cc1C. The molecule has 1 aliphatic heterocycles. The van der Waals surface area contributed by atoms with Crippen molar-refractivity contribution in [2.24, 2.45) is 0 Å². The Morgan fingerprint density at radius 1 is 1.12 bits per heavy atom. The molecular weight excluding hydrogens is 314 g/mol. The van der Waals surface area contributed by atoms with Crippen LogP contribution in [0.5, 0.6) is 11.5 Å². The van der Waals surface area contributed by atoms with Crippen molar-refractivity contribution < 1.29 is 14.3 Å². The first-order valence-corrected chi connectivity index (χ1v) is 8.49. The number of rotatable bonds is 5. The summed E-state index contributed by atoms with van der Waals surface area (Å²) in [6.45, 7) is 7.55. The Hall–Kier alpha value is -2.75. The summed E-state index contributed by atoms with van der Waals surface area (Å²) in [6, 6.07) is 12.0. The number of aryl methyl sites for hydroxylation is 2. The van der Waals surface area contributed by atoms with Gasteiger partial charge in [0.05, 0.1) is 0 Å². The molecule has 1 amide bonds. The zero-order valence-corrected chi connectivity index (χ0v) is 14.9. The Morgan fingerprint density at radius 2 is 1.92 bits per heavy atom. The van der Waals surface area contributed by atoms with Crippen LogP contribution in [0.15, 0.2) is 42.5 Å². The van der Waals surface area contributed by atoms with Gasteiger partial charge in [-0.25, -0.2) is 0 Å². The average molecular weight is 337 g/mol. The van der Waals surface area contributed by atoms with E-state index in [0.717, 1.165) is 22.6 Å². The van der Waals surface area contributed by atoms with Gasteiger partial charge in [-0.15, -0.1) is 0 Å². The van der Waals surface area contributed by atoms with Crippen LogP contribution in [0.25, 0.3) is 6.08 Å². The third-order valence-corrected chi connectivity index (χ3v) is 4.33. The zero-order chi connectivity index (χ0) is 17.8. The van der Waals surface area contributed by atoms with Crippen molar-refractivity contribution in [3.63, 3.8) is 0 Å². The molecule has 0 radical (unpaired) electrons. The highest BCUT2D eigenvalue weighted by molar-refractivity contribution is 5.92. The number of likely N-dealkylation sites (N-methyl/N-ethyl adjacent to an activating group) is 1. The summed E-state index contributed by atoms with van der Waals surface area (Å²) in [4.78, 5) is 14.4. The highest BCUT2D eigenvalue weighted by Crippen LogP contribution is 2.32. The van der Waals surface area contributed by atoms with Crippen LogP contribution >= 0.6 is 0 Å². The number of ether oxygens (including phenoxy) is 2. The monoisotopic (exact) mass is 337 g/mol. The van der Waals surface area contributed by atoms with E-state index < -0.39 is 0 Å². The summed E-state index contributed by atoms with van der Waals surface area (Å²) in [6.07, 6.45) is 3.54. The van der Waals surface area contributed by atoms with E-state index in [1.807, 2.05) is 37.3 Å². The normalized spacial score (nSPS) is 12.6. The fourth-order valence-electron chi connectivity index (χ4n) is 2.88. The lowest BCUT2D eigenvalue weighted by Crippen LogP contribution is -2.28. The Labute approximate surface area is 148 Å². The Balaban J connectivity index is 1.69. The van der Waals surface area contributed by atoms with Gasteiger partial charge in [0.1, 0.15) is 0 Å². The lowest BCUT2D eigenvalue weighted by molar-refractivity contribution is -0.126. The van der Waals surface area contributed by atoms with E-state index in [1.54, 1.807) is 11.0 Å². The Bertz CT molecular complexity index is 811. The van der Waals surface area contributed by atoms with Crippen molar-refractivity contribution >= 4 is 12.0 Å². The minimum atomic E-state index is 0.000131. The van der Waals surface area contributed by atoms with Crippen LogP contribution in [0.1, 0.15) is 29.2 Å². The molecule has 0 aromatic heterocycles. The number of benzene rings is 2. The summed E-state index contributed by atoms with van der Waals surface area (Å²) in [5.41, 5.74) is 4.49. The highest BCUT2D eigenvalue weighted by atomic mass is 16.7. The van der Waals surface area contributed by atoms with E-state index in [4.69, 9.17) is 9.47 Å². The van der Waals surface area contributed by atoms with Gasteiger partial charge in [-0.1, -0.05) is 29.8 Å². The molecule has 0 atom stereocenters. The number of fused-ring (bicyclic) bond motifs is 1. The maximum Gasteiger partial charge on any atom is 0.246 e. The van der Waals surface area contributed by atoms with E-state index in [9.17, 15) is 4.79 Å². The van der Waals surface area contributed by atoms with Crippen LogP contribution in [0.4, 0.5) is 0 Å². The van der Waals surface area contributed by atoms with Crippen LogP contribution in [0, 0.1) is 13.8 Å². The highest BCUT2D eigenvalue weighted by Gasteiger charge is 2.15. The lowest BCUT2D eigenvalue weighted by Gasteiger charge is -2.19. The summed E-state index contributed by atoms with van der Waals surface area (Å²) in [5.74, 6) is 1.50. The van der Waals surface area contributed by atoms with Gasteiger partial charge in [0.2, 0.25) is 12.7 Å². The summed E-state index contributed by atoms with van der Waals surface area (Å²) < 4.78 is 10.7. The summed E-state index contributed by atoms with van der Waals surface area (Å²) >= 11 is 0.